The summed E-state index contributed by atoms with van der Waals surface area (Å²) in [6.45, 7) is 3.71. The second-order valence-electron chi connectivity index (χ2n) is 4.25. The number of amides is 3. The van der Waals surface area contributed by atoms with Crippen molar-refractivity contribution in [3.8, 4) is 0 Å². The third kappa shape index (κ3) is 6.80. The van der Waals surface area contributed by atoms with Crippen molar-refractivity contribution < 1.29 is 14.4 Å². The maximum Gasteiger partial charge on any atom is 0.238 e. The number of carbonyl (C=O) groups is 3. The van der Waals surface area contributed by atoms with Crippen LogP contribution >= 0.6 is 11.3 Å². The van der Waals surface area contributed by atoms with Crippen LogP contribution in [-0.4, -0.2) is 27.9 Å². The van der Waals surface area contributed by atoms with Gasteiger partial charge >= 0.3 is 0 Å². The SMILES string of the molecule is CCCc1nnc(NC(=O)CCC(=O)NNC(=O)CC)s1. The molecule has 0 spiro atoms. The van der Waals surface area contributed by atoms with Gasteiger partial charge in [-0.25, -0.2) is 0 Å². The average Bonchev–Trinajstić information content (AvgIpc) is 2.90. The van der Waals surface area contributed by atoms with E-state index >= 15 is 0 Å². The Balaban J connectivity index is 2.26. The van der Waals surface area contributed by atoms with Crippen molar-refractivity contribution in [3.05, 3.63) is 5.01 Å². The molecule has 1 rings (SSSR count). The molecular weight excluding hydrogens is 294 g/mol. The van der Waals surface area contributed by atoms with E-state index in [0.717, 1.165) is 17.8 Å². The molecule has 21 heavy (non-hydrogen) atoms. The van der Waals surface area contributed by atoms with E-state index in [0.29, 0.717) is 5.13 Å². The van der Waals surface area contributed by atoms with Gasteiger partial charge in [-0.05, 0) is 6.42 Å². The summed E-state index contributed by atoms with van der Waals surface area (Å²) in [5.41, 5.74) is 4.46. The Morgan fingerprint density at radius 2 is 1.67 bits per heavy atom. The van der Waals surface area contributed by atoms with Crippen LogP contribution in [0.2, 0.25) is 0 Å². The molecule has 0 unspecified atom stereocenters. The number of carbonyl (C=O) groups excluding carboxylic acids is 3. The van der Waals surface area contributed by atoms with Crippen molar-refractivity contribution in [3.63, 3.8) is 0 Å². The summed E-state index contributed by atoms with van der Waals surface area (Å²) in [6, 6.07) is 0. The fraction of sp³-hybridized carbons (Fsp3) is 0.583. The van der Waals surface area contributed by atoms with Gasteiger partial charge in [0.15, 0.2) is 0 Å². The Morgan fingerprint density at radius 3 is 2.33 bits per heavy atom. The third-order valence-electron chi connectivity index (χ3n) is 2.42. The van der Waals surface area contributed by atoms with E-state index in [1.165, 1.54) is 11.3 Å². The van der Waals surface area contributed by atoms with Gasteiger partial charge in [-0.15, -0.1) is 10.2 Å². The minimum atomic E-state index is -0.420. The number of aryl methyl sites for hydroxylation is 1. The van der Waals surface area contributed by atoms with E-state index in [4.69, 9.17) is 0 Å². The first kappa shape index (κ1) is 17.0. The fourth-order valence-corrected chi connectivity index (χ4v) is 2.18. The number of nitrogens with one attached hydrogen (secondary N) is 3. The highest BCUT2D eigenvalue weighted by Gasteiger charge is 2.10. The first-order valence-electron chi connectivity index (χ1n) is 6.75. The lowest BCUT2D eigenvalue weighted by Crippen LogP contribution is -2.41. The van der Waals surface area contributed by atoms with Crippen LogP contribution < -0.4 is 16.2 Å². The lowest BCUT2D eigenvalue weighted by Gasteiger charge is -2.05. The summed E-state index contributed by atoms with van der Waals surface area (Å²) in [5.74, 6) is -1.02. The van der Waals surface area contributed by atoms with E-state index in [-0.39, 0.29) is 31.1 Å². The smallest absolute Gasteiger partial charge is 0.238 e. The maximum atomic E-state index is 11.6. The maximum absolute atomic E-state index is 11.6. The second-order valence-corrected chi connectivity index (χ2v) is 5.31. The van der Waals surface area contributed by atoms with Crippen molar-refractivity contribution in [2.24, 2.45) is 0 Å². The number of hydrazine groups is 1. The predicted octanol–water partition coefficient (Wildman–Crippen LogP) is 0.767. The van der Waals surface area contributed by atoms with Gasteiger partial charge in [0.1, 0.15) is 5.01 Å². The molecule has 3 N–H and O–H groups in total. The average molecular weight is 313 g/mol. The molecule has 0 fully saturated rings. The molecule has 9 heteroatoms. The summed E-state index contributed by atoms with van der Waals surface area (Å²) in [5, 5.41) is 11.7. The minimum absolute atomic E-state index is 0.0104. The molecule has 3 amide bonds. The first-order valence-corrected chi connectivity index (χ1v) is 7.56. The quantitative estimate of drug-likeness (QED) is 0.643. The molecule has 0 atom stereocenters. The summed E-state index contributed by atoms with van der Waals surface area (Å²) in [6.07, 6.45) is 2.06. The van der Waals surface area contributed by atoms with Gasteiger partial charge in [-0.3, -0.25) is 25.2 Å². The van der Waals surface area contributed by atoms with Crippen molar-refractivity contribution >= 4 is 34.2 Å². The highest BCUT2D eigenvalue weighted by atomic mass is 32.1. The molecule has 0 saturated heterocycles. The number of rotatable bonds is 7. The molecule has 0 aromatic carbocycles. The van der Waals surface area contributed by atoms with Gasteiger partial charge in [0.2, 0.25) is 22.9 Å². The zero-order valence-corrected chi connectivity index (χ0v) is 12.9. The normalized spacial score (nSPS) is 10.0. The zero-order chi connectivity index (χ0) is 15.7. The Hall–Kier alpha value is -2.03. The molecule has 0 saturated carbocycles. The van der Waals surface area contributed by atoms with Gasteiger partial charge in [0.25, 0.3) is 0 Å². The van der Waals surface area contributed by atoms with Gasteiger partial charge in [-0.1, -0.05) is 25.2 Å². The van der Waals surface area contributed by atoms with Crippen molar-refractivity contribution in [2.45, 2.75) is 46.0 Å². The van der Waals surface area contributed by atoms with Crippen LogP contribution in [0, 0.1) is 0 Å². The van der Waals surface area contributed by atoms with Crippen LogP contribution in [-0.2, 0) is 20.8 Å². The number of hydrogen-bond acceptors (Lipinski definition) is 6. The second kappa shape index (κ2) is 9.01. The molecule has 116 valence electrons. The van der Waals surface area contributed by atoms with Crippen molar-refractivity contribution in [1.82, 2.24) is 21.0 Å². The lowest BCUT2D eigenvalue weighted by atomic mass is 10.3. The lowest BCUT2D eigenvalue weighted by molar-refractivity contribution is -0.129. The van der Waals surface area contributed by atoms with Gasteiger partial charge in [0.05, 0.1) is 0 Å². The zero-order valence-electron chi connectivity index (χ0n) is 12.1. The van der Waals surface area contributed by atoms with Gasteiger partial charge < -0.3 is 5.32 Å². The number of aromatic nitrogens is 2. The van der Waals surface area contributed by atoms with Crippen molar-refractivity contribution in [1.29, 1.82) is 0 Å². The largest absolute Gasteiger partial charge is 0.301 e. The molecule has 0 aliphatic carbocycles. The van der Waals surface area contributed by atoms with Crippen LogP contribution in [0.5, 0.6) is 0 Å². The number of hydrogen-bond donors (Lipinski definition) is 3. The Bertz CT molecular complexity index is 503. The Labute approximate surface area is 126 Å². The monoisotopic (exact) mass is 313 g/mol. The topological polar surface area (TPSA) is 113 Å². The summed E-state index contributed by atoms with van der Waals surface area (Å²) < 4.78 is 0. The number of anilines is 1. The highest BCUT2D eigenvalue weighted by Crippen LogP contribution is 2.16. The van der Waals surface area contributed by atoms with E-state index in [9.17, 15) is 14.4 Å². The molecule has 0 bridgehead atoms. The van der Waals surface area contributed by atoms with Crippen molar-refractivity contribution in [2.75, 3.05) is 5.32 Å². The predicted molar refractivity (Wildman–Crippen MR) is 78.3 cm³/mol. The molecule has 0 aliphatic rings. The Kier molecular flexibility index (Phi) is 7.30. The first-order chi connectivity index (χ1) is 10.0. The van der Waals surface area contributed by atoms with E-state index in [2.05, 4.69) is 26.4 Å². The van der Waals surface area contributed by atoms with E-state index in [1.807, 2.05) is 6.92 Å². The molecular formula is C12H19N5O3S. The van der Waals surface area contributed by atoms with Gasteiger partial charge in [-0.2, -0.15) is 0 Å². The van der Waals surface area contributed by atoms with Crippen LogP contribution in [0.4, 0.5) is 5.13 Å². The van der Waals surface area contributed by atoms with Crippen LogP contribution in [0.25, 0.3) is 0 Å². The fourth-order valence-electron chi connectivity index (χ4n) is 1.32. The third-order valence-corrected chi connectivity index (χ3v) is 3.32. The van der Waals surface area contributed by atoms with E-state index in [1.54, 1.807) is 6.92 Å². The molecule has 1 aromatic rings. The van der Waals surface area contributed by atoms with Crippen LogP contribution in [0.3, 0.4) is 0 Å². The molecule has 1 heterocycles. The van der Waals surface area contributed by atoms with Crippen LogP contribution in [0.1, 0.15) is 44.5 Å². The Morgan fingerprint density at radius 1 is 1.00 bits per heavy atom. The highest BCUT2D eigenvalue weighted by molar-refractivity contribution is 7.15. The summed E-state index contributed by atoms with van der Waals surface area (Å²) >= 11 is 1.33. The summed E-state index contributed by atoms with van der Waals surface area (Å²) in [7, 11) is 0. The van der Waals surface area contributed by atoms with Crippen LogP contribution in [0.15, 0.2) is 0 Å². The molecule has 8 nitrogen and oxygen atoms in total. The standard InChI is InChI=1S/C12H19N5O3S/c1-3-5-11-16-17-12(21-11)13-9(19)6-7-10(20)15-14-8(18)4-2/h3-7H2,1-2H3,(H,14,18)(H,15,20)(H,13,17,19). The summed E-state index contributed by atoms with van der Waals surface area (Å²) in [4.78, 5) is 33.9. The molecule has 1 aromatic heterocycles. The van der Waals surface area contributed by atoms with Gasteiger partial charge in [0, 0.05) is 25.7 Å². The minimum Gasteiger partial charge on any atom is -0.301 e. The number of nitrogens with zero attached hydrogens (tertiary/aromatic N) is 2. The van der Waals surface area contributed by atoms with E-state index < -0.39 is 5.91 Å². The molecule has 0 radical (unpaired) electrons. The molecule has 0 aliphatic heterocycles.